The lowest BCUT2D eigenvalue weighted by atomic mass is 10.1. The quantitative estimate of drug-likeness (QED) is 0.559. The summed E-state index contributed by atoms with van der Waals surface area (Å²) in [5.74, 6) is 0.366. The first-order valence-electron chi connectivity index (χ1n) is 8.57. The molecule has 0 fully saturated rings. The highest BCUT2D eigenvalue weighted by Crippen LogP contribution is 2.24. The highest BCUT2D eigenvalue weighted by molar-refractivity contribution is 6.31. The van der Waals surface area contributed by atoms with Gasteiger partial charge in [-0.1, -0.05) is 66.2 Å². The molecule has 3 rings (SSSR count). The molecule has 3 aromatic carbocycles. The molecule has 0 bridgehead atoms. The zero-order chi connectivity index (χ0) is 18.4. The van der Waals surface area contributed by atoms with Gasteiger partial charge in [-0.25, -0.2) is 4.39 Å². The number of halogens is 2. The van der Waals surface area contributed by atoms with E-state index in [1.807, 2.05) is 42.5 Å². The second-order valence-electron chi connectivity index (χ2n) is 6.11. The molecular formula is C22H21ClFNO. The van der Waals surface area contributed by atoms with Gasteiger partial charge in [0.15, 0.2) is 0 Å². The molecule has 0 spiro atoms. The van der Waals surface area contributed by atoms with E-state index in [2.05, 4.69) is 24.4 Å². The van der Waals surface area contributed by atoms with E-state index in [1.54, 1.807) is 12.1 Å². The largest absolute Gasteiger partial charge is 0.488 e. The Hall–Kier alpha value is -2.36. The Morgan fingerprint density at radius 2 is 1.69 bits per heavy atom. The van der Waals surface area contributed by atoms with Crippen LogP contribution in [0.15, 0.2) is 72.8 Å². The van der Waals surface area contributed by atoms with Crippen molar-refractivity contribution >= 4 is 11.6 Å². The summed E-state index contributed by atoms with van der Waals surface area (Å²) in [6.07, 6.45) is 0. The van der Waals surface area contributed by atoms with Gasteiger partial charge in [-0.05, 0) is 30.7 Å². The summed E-state index contributed by atoms with van der Waals surface area (Å²) in [4.78, 5) is 0. The topological polar surface area (TPSA) is 21.3 Å². The zero-order valence-corrected chi connectivity index (χ0v) is 15.3. The first-order chi connectivity index (χ1) is 12.6. The van der Waals surface area contributed by atoms with Crippen molar-refractivity contribution in [2.45, 2.75) is 26.1 Å². The fraction of sp³-hybridized carbons (Fsp3) is 0.182. The Labute approximate surface area is 158 Å². The molecule has 0 saturated carbocycles. The van der Waals surface area contributed by atoms with Gasteiger partial charge < -0.3 is 10.1 Å². The second-order valence-corrected chi connectivity index (χ2v) is 6.52. The first kappa shape index (κ1) is 18.4. The molecule has 0 aliphatic carbocycles. The third kappa shape index (κ3) is 4.63. The molecule has 2 nitrogen and oxygen atoms in total. The molecule has 0 unspecified atom stereocenters. The van der Waals surface area contributed by atoms with E-state index < -0.39 is 0 Å². The molecule has 3 aromatic rings. The van der Waals surface area contributed by atoms with Crippen LogP contribution in [-0.4, -0.2) is 0 Å². The number of para-hydroxylation sites is 1. The maximum atomic E-state index is 13.9. The van der Waals surface area contributed by atoms with Crippen molar-refractivity contribution in [2.24, 2.45) is 0 Å². The van der Waals surface area contributed by atoms with Gasteiger partial charge in [-0.15, -0.1) is 0 Å². The minimum Gasteiger partial charge on any atom is -0.488 e. The maximum Gasteiger partial charge on any atom is 0.131 e. The minimum absolute atomic E-state index is 0.0940. The Morgan fingerprint density at radius 3 is 2.46 bits per heavy atom. The fourth-order valence-corrected chi connectivity index (χ4v) is 2.95. The molecule has 0 saturated heterocycles. The van der Waals surface area contributed by atoms with Crippen molar-refractivity contribution in [2.75, 3.05) is 0 Å². The second kappa shape index (κ2) is 8.84. The molecule has 0 radical (unpaired) electrons. The molecule has 26 heavy (non-hydrogen) atoms. The number of ether oxygens (including phenoxy) is 1. The predicted octanol–water partition coefficient (Wildman–Crippen LogP) is 5.91. The SMILES string of the molecule is C[C@@H](NCc1ccccc1OCc1c(F)cccc1Cl)c1ccccc1. The lowest BCUT2D eigenvalue weighted by molar-refractivity contribution is 0.295. The van der Waals surface area contributed by atoms with E-state index in [4.69, 9.17) is 16.3 Å². The molecule has 0 heterocycles. The van der Waals surface area contributed by atoms with Gasteiger partial charge in [-0.3, -0.25) is 0 Å². The number of rotatable bonds is 7. The number of hydrogen-bond acceptors (Lipinski definition) is 2. The summed E-state index contributed by atoms with van der Waals surface area (Å²) in [7, 11) is 0. The third-order valence-corrected chi connectivity index (χ3v) is 4.66. The minimum atomic E-state index is -0.356. The van der Waals surface area contributed by atoms with E-state index in [0.717, 1.165) is 11.3 Å². The van der Waals surface area contributed by atoms with Crippen molar-refractivity contribution in [3.05, 3.63) is 100 Å². The van der Waals surface area contributed by atoms with Gasteiger partial charge in [0.1, 0.15) is 18.2 Å². The van der Waals surface area contributed by atoms with Gasteiger partial charge in [0.2, 0.25) is 0 Å². The highest BCUT2D eigenvalue weighted by atomic mass is 35.5. The Balaban J connectivity index is 1.66. The summed E-state index contributed by atoms with van der Waals surface area (Å²) in [5, 5.41) is 3.87. The van der Waals surface area contributed by atoms with Gasteiger partial charge >= 0.3 is 0 Å². The van der Waals surface area contributed by atoms with E-state index in [0.29, 0.717) is 17.1 Å². The summed E-state index contributed by atoms with van der Waals surface area (Å²) < 4.78 is 19.8. The highest BCUT2D eigenvalue weighted by Gasteiger charge is 2.10. The molecule has 0 aliphatic rings. The number of hydrogen-bond donors (Lipinski definition) is 1. The van der Waals surface area contributed by atoms with Crippen molar-refractivity contribution < 1.29 is 9.13 Å². The summed E-state index contributed by atoms with van der Waals surface area (Å²) in [5.41, 5.74) is 2.61. The molecule has 4 heteroatoms. The standard InChI is InChI=1S/C22H21ClFNO/c1-16(17-8-3-2-4-9-17)25-14-18-10-5-6-13-22(18)26-15-19-20(23)11-7-12-21(19)24/h2-13,16,25H,14-15H2,1H3/t16-/m1/s1. The predicted molar refractivity (Wildman–Crippen MR) is 104 cm³/mol. The van der Waals surface area contributed by atoms with Crippen LogP contribution in [0.3, 0.4) is 0 Å². The zero-order valence-electron chi connectivity index (χ0n) is 14.6. The summed E-state index contributed by atoms with van der Waals surface area (Å²) in [6, 6.07) is 22.9. The first-order valence-corrected chi connectivity index (χ1v) is 8.95. The summed E-state index contributed by atoms with van der Waals surface area (Å²) >= 11 is 6.07. The lowest BCUT2D eigenvalue weighted by Crippen LogP contribution is -2.18. The molecule has 1 atom stereocenters. The van der Waals surface area contributed by atoms with Crippen LogP contribution in [0.2, 0.25) is 5.02 Å². The summed E-state index contributed by atoms with van der Waals surface area (Å²) in [6.45, 7) is 2.87. The van der Waals surface area contributed by atoms with Crippen LogP contribution in [-0.2, 0) is 13.2 Å². The number of benzene rings is 3. The molecule has 0 aliphatic heterocycles. The Kier molecular flexibility index (Phi) is 6.26. The van der Waals surface area contributed by atoms with Gasteiger partial charge in [-0.2, -0.15) is 0 Å². The van der Waals surface area contributed by atoms with Gasteiger partial charge in [0, 0.05) is 23.7 Å². The van der Waals surface area contributed by atoms with Crippen LogP contribution >= 0.6 is 11.6 Å². The molecule has 0 aromatic heterocycles. The molecule has 134 valence electrons. The third-order valence-electron chi connectivity index (χ3n) is 4.30. The van der Waals surface area contributed by atoms with Gasteiger partial charge in [0.05, 0.1) is 5.02 Å². The van der Waals surface area contributed by atoms with Gasteiger partial charge in [0.25, 0.3) is 0 Å². The maximum absolute atomic E-state index is 13.9. The van der Waals surface area contributed by atoms with E-state index in [-0.39, 0.29) is 18.5 Å². The van der Waals surface area contributed by atoms with Crippen molar-refractivity contribution in [3.63, 3.8) is 0 Å². The van der Waals surface area contributed by atoms with Crippen LogP contribution in [0.25, 0.3) is 0 Å². The van der Waals surface area contributed by atoms with Crippen molar-refractivity contribution in [3.8, 4) is 5.75 Å². The smallest absolute Gasteiger partial charge is 0.131 e. The van der Waals surface area contributed by atoms with Crippen LogP contribution < -0.4 is 10.1 Å². The van der Waals surface area contributed by atoms with E-state index in [9.17, 15) is 4.39 Å². The average Bonchev–Trinajstić information content (AvgIpc) is 2.67. The van der Waals surface area contributed by atoms with Crippen LogP contribution in [0.4, 0.5) is 4.39 Å². The average molecular weight is 370 g/mol. The van der Waals surface area contributed by atoms with Crippen LogP contribution in [0.1, 0.15) is 29.7 Å². The van der Waals surface area contributed by atoms with Crippen molar-refractivity contribution in [1.29, 1.82) is 0 Å². The van der Waals surface area contributed by atoms with Crippen LogP contribution in [0.5, 0.6) is 5.75 Å². The monoisotopic (exact) mass is 369 g/mol. The molecule has 0 amide bonds. The number of nitrogens with one attached hydrogen (secondary N) is 1. The molecule has 1 N–H and O–H groups in total. The Bertz CT molecular complexity index is 834. The Morgan fingerprint density at radius 1 is 0.962 bits per heavy atom. The van der Waals surface area contributed by atoms with Crippen molar-refractivity contribution in [1.82, 2.24) is 5.32 Å². The lowest BCUT2D eigenvalue weighted by Gasteiger charge is -2.17. The van der Waals surface area contributed by atoms with E-state index >= 15 is 0 Å². The fourth-order valence-electron chi connectivity index (χ4n) is 2.73. The normalized spacial score (nSPS) is 12.0. The van der Waals surface area contributed by atoms with Crippen LogP contribution in [0, 0.1) is 5.82 Å². The molecular weight excluding hydrogens is 349 g/mol. The van der Waals surface area contributed by atoms with E-state index in [1.165, 1.54) is 11.6 Å².